The molecule has 5 aromatic carbocycles. The van der Waals surface area contributed by atoms with E-state index < -0.39 is 7.12 Å². The van der Waals surface area contributed by atoms with Gasteiger partial charge in [-0.15, -0.1) is 0 Å². The molecule has 0 fully saturated rings. The first-order valence-electron chi connectivity index (χ1n) is 11.5. The molecule has 0 atom stereocenters. The van der Waals surface area contributed by atoms with Gasteiger partial charge in [-0.3, -0.25) is 0 Å². The Balaban J connectivity index is 1.53. The molecule has 0 saturated heterocycles. The summed E-state index contributed by atoms with van der Waals surface area (Å²) in [4.78, 5) is 0. The van der Waals surface area contributed by atoms with Gasteiger partial charge >= 0.3 is 7.12 Å². The van der Waals surface area contributed by atoms with Gasteiger partial charge in [0.15, 0.2) is 0 Å². The lowest BCUT2D eigenvalue weighted by molar-refractivity contribution is 0.426. The first-order chi connectivity index (χ1) is 16.7. The summed E-state index contributed by atoms with van der Waals surface area (Å²) in [5.41, 5.74) is 8.71. The highest BCUT2D eigenvalue weighted by Crippen LogP contribution is 2.34. The molecule has 164 valence electrons. The van der Waals surface area contributed by atoms with Crippen LogP contribution in [0.3, 0.4) is 0 Å². The predicted molar refractivity (Wildman–Crippen MR) is 141 cm³/mol. The molecular formula is C31H25BO2. The van der Waals surface area contributed by atoms with Crippen LogP contribution in [0.1, 0.15) is 22.6 Å². The fourth-order valence-electron chi connectivity index (χ4n) is 4.44. The molecular weight excluding hydrogens is 415 g/mol. The molecule has 0 aliphatic heterocycles. The second-order valence-corrected chi connectivity index (χ2v) is 8.45. The molecule has 2 nitrogen and oxygen atoms in total. The third-order valence-corrected chi connectivity index (χ3v) is 6.27. The van der Waals surface area contributed by atoms with Crippen LogP contribution in [0, 0.1) is 0 Å². The molecule has 0 saturated carbocycles. The monoisotopic (exact) mass is 440 g/mol. The largest absolute Gasteiger partial charge is 0.488 e. The summed E-state index contributed by atoms with van der Waals surface area (Å²) in [5, 5.41) is 19.0. The SMILES string of the molecule is OB(O)c1ccc(C(c2ccc(-c3ccccc3)cc2)c2ccc(-c3ccccc3)cc2)cc1. The van der Waals surface area contributed by atoms with Crippen LogP contribution in [0.2, 0.25) is 0 Å². The Morgan fingerprint density at radius 1 is 0.382 bits per heavy atom. The van der Waals surface area contributed by atoms with E-state index in [0.717, 1.165) is 5.56 Å². The van der Waals surface area contributed by atoms with Crippen LogP contribution in [-0.4, -0.2) is 17.2 Å². The molecule has 0 spiro atoms. The Morgan fingerprint density at radius 2 is 0.706 bits per heavy atom. The lowest BCUT2D eigenvalue weighted by atomic mass is 9.78. The molecule has 0 radical (unpaired) electrons. The summed E-state index contributed by atoms with van der Waals surface area (Å²) in [5.74, 6) is 0.0273. The normalized spacial score (nSPS) is 10.9. The van der Waals surface area contributed by atoms with Crippen molar-refractivity contribution in [2.45, 2.75) is 5.92 Å². The topological polar surface area (TPSA) is 40.5 Å². The van der Waals surface area contributed by atoms with Gasteiger partial charge in [-0.25, -0.2) is 0 Å². The van der Waals surface area contributed by atoms with E-state index in [1.165, 1.54) is 33.4 Å². The molecule has 5 rings (SSSR count). The quantitative estimate of drug-likeness (QED) is 0.256. The van der Waals surface area contributed by atoms with Crippen molar-refractivity contribution in [1.29, 1.82) is 0 Å². The molecule has 0 heterocycles. The van der Waals surface area contributed by atoms with E-state index in [1.807, 2.05) is 24.3 Å². The van der Waals surface area contributed by atoms with Crippen LogP contribution in [0.4, 0.5) is 0 Å². The molecule has 0 aliphatic rings. The number of hydrogen-bond acceptors (Lipinski definition) is 2. The van der Waals surface area contributed by atoms with E-state index in [-0.39, 0.29) is 5.92 Å². The zero-order valence-corrected chi connectivity index (χ0v) is 18.8. The molecule has 0 aromatic heterocycles. The van der Waals surface area contributed by atoms with Crippen molar-refractivity contribution in [3.63, 3.8) is 0 Å². The van der Waals surface area contributed by atoms with E-state index in [9.17, 15) is 10.0 Å². The summed E-state index contributed by atoms with van der Waals surface area (Å²) in [7, 11) is -1.47. The Labute approximate surface area is 201 Å². The van der Waals surface area contributed by atoms with Gasteiger partial charge in [0.1, 0.15) is 0 Å². The van der Waals surface area contributed by atoms with Crippen molar-refractivity contribution in [1.82, 2.24) is 0 Å². The van der Waals surface area contributed by atoms with E-state index in [4.69, 9.17) is 0 Å². The Kier molecular flexibility index (Phi) is 6.39. The fraction of sp³-hybridized carbons (Fsp3) is 0.0323. The Hall–Kier alpha value is -3.92. The molecule has 0 unspecified atom stereocenters. The van der Waals surface area contributed by atoms with Gasteiger partial charge in [0, 0.05) is 5.92 Å². The molecule has 0 bridgehead atoms. The highest BCUT2D eigenvalue weighted by Gasteiger charge is 2.19. The van der Waals surface area contributed by atoms with Crippen LogP contribution < -0.4 is 5.46 Å². The predicted octanol–water partition coefficient (Wildman–Crippen LogP) is 5.88. The second kappa shape index (κ2) is 9.92. The zero-order chi connectivity index (χ0) is 23.3. The van der Waals surface area contributed by atoms with Gasteiger partial charge < -0.3 is 10.0 Å². The molecule has 2 N–H and O–H groups in total. The lowest BCUT2D eigenvalue weighted by Crippen LogP contribution is -2.29. The summed E-state index contributed by atoms with van der Waals surface area (Å²) in [6.07, 6.45) is 0. The third-order valence-electron chi connectivity index (χ3n) is 6.27. The zero-order valence-electron chi connectivity index (χ0n) is 18.8. The summed E-state index contributed by atoms with van der Waals surface area (Å²) in [6.45, 7) is 0. The van der Waals surface area contributed by atoms with E-state index in [0.29, 0.717) is 5.46 Å². The van der Waals surface area contributed by atoms with Gasteiger partial charge in [-0.05, 0) is 44.4 Å². The average molecular weight is 440 g/mol. The van der Waals surface area contributed by atoms with Crippen molar-refractivity contribution in [2.24, 2.45) is 0 Å². The number of rotatable bonds is 6. The van der Waals surface area contributed by atoms with Gasteiger partial charge in [0.05, 0.1) is 0 Å². The van der Waals surface area contributed by atoms with Crippen LogP contribution >= 0.6 is 0 Å². The Morgan fingerprint density at radius 3 is 1.06 bits per heavy atom. The van der Waals surface area contributed by atoms with Gasteiger partial charge in [-0.1, -0.05) is 133 Å². The maximum Gasteiger partial charge on any atom is 0.488 e. The minimum Gasteiger partial charge on any atom is -0.423 e. The third kappa shape index (κ3) is 4.72. The molecule has 34 heavy (non-hydrogen) atoms. The molecule has 5 aromatic rings. The first kappa shape index (κ1) is 21.9. The van der Waals surface area contributed by atoms with E-state index in [2.05, 4.69) is 97.1 Å². The van der Waals surface area contributed by atoms with Crippen molar-refractivity contribution in [3.05, 3.63) is 150 Å². The minimum absolute atomic E-state index is 0.0273. The van der Waals surface area contributed by atoms with Crippen molar-refractivity contribution in [2.75, 3.05) is 0 Å². The van der Waals surface area contributed by atoms with Crippen LogP contribution in [0.25, 0.3) is 22.3 Å². The van der Waals surface area contributed by atoms with Gasteiger partial charge in [0.2, 0.25) is 0 Å². The second-order valence-electron chi connectivity index (χ2n) is 8.45. The smallest absolute Gasteiger partial charge is 0.423 e. The number of benzene rings is 5. The summed E-state index contributed by atoms with van der Waals surface area (Å²) >= 11 is 0. The van der Waals surface area contributed by atoms with Crippen LogP contribution in [0.15, 0.2) is 133 Å². The van der Waals surface area contributed by atoms with Crippen molar-refractivity contribution in [3.8, 4) is 22.3 Å². The maximum absolute atomic E-state index is 9.52. The lowest BCUT2D eigenvalue weighted by Gasteiger charge is -2.20. The summed E-state index contributed by atoms with van der Waals surface area (Å²) < 4.78 is 0. The van der Waals surface area contributed by atoms with Crippen molar-refractivity contribution < 1.29 is 10.0 Å². The highest BCUT2D eigenvalue weighted by molar-refractivity contribution is 6.58. The Bertz CT molecular complexity index is 1250. The molecule has 0 aliphatic carbocycles. The minimum atomic E-state index is -1.47. The standard InChI is InChI=1S/C31H25BO2/c33-32(34)30-21-19-29(20-22-30)31(27-15-11-25(12-16-27)23-7-3-1-4-8-23)28-17-13-26(14-18-28)24-9-5-2-6-10-24/h1-22,31,33-34H. The maximum atomic E-state index is 9.52. The van der Waals surface area contributed by atoms with Gasteiger partial charge in [0.25, 0.3) is 0 Å². The molecule has 0 amide bonds. The van der Waals surface area contributed by atoms with E-state index in [1.54, 1.807) is 12.1 Å². The van der Waals surface area contributed by atoms with Crippen LogP contribution in [-0.2, 0) is 0 Å². The van der Waals surface area contributed by atoms with Crippen LogP contribution in [0.5, 0.6) is 0 Å². The molecule has 3 heteroatoms. The van der Waals surface area contributed by atoms with Gasteiger partial charge in [-0.2, -0.15) is 0 Å². The van der Waals surface area contributed by atoms with Crippen molar-refractivity contribution >= 4 is 12.6 Å². The average Bonchev–Trinajstić information content (AvgIpc) is 2.91. The first-order valence-corrected chi connectivity index (χ1v) is 11.5. The summed E-state index contributed by atoms with van der Waals surface area (Å²) in [6, 6.07) is 45.7. The highest BCUT2D eigenvalue weighted by atomic mass is 16.4. The fourth-order valence-corrected chi connectivity index (χ4v) is 4.44. The van der Waals surface area contributed by atoms with E-state index >= 15 is 0 Å². The number of hydrogen-bond donors (Lipinski definition) is 2.